The minimum Gasteiger partial charge on any atom is -0.444 e. The summed E-state index contributed by atoms with van der Waals surface area (Å²) in [6, 6.07) is 8.47. The van der Waals surface area contributed by atoms with E-state index in [0.717, 1.165) is 0 Å². The van der Waals surface area contributed by atoms with Gasteiger partial charge in [0.05, 0.1) is 10.5 Å². The van der Waals surface area contributed by atoms with Crippen LogP contribution >= 0.6 is 0 Å². The Hall–Kier alpha value is -3.19. The first-order chi connectivity index (χ1) is 16.6. The van der Waals surface area contributed by atoms with E-state index < -0.39 is 56.1 Å². The first kappa shape index (κ1) is 29.0. The quantitative estimate of drug-likeness (QED) is 0.334. The van der Waals surface area contributed by atoms with Gasteiger partial charge in [0.2, 0.25) is 15.9 Å². The Morgan fingerprint density at radius 1 is 1.00 bits per heavy atom. The van der Waals surface area contributed by atoms with Crippen molar-refractivity contribution in [3.8, 4) is 0 Å². The second-order valence-electron chi connectivity index (χ2n) is 8.67. The van der Waals surface area contributed by atoms with Crippen LogP contribution in [0.25, 0.3) is 0 Å². The van der Waals surface area contributed by atoms with Gasteiger partial charge < -0.3 is 15.4 Å². The number of alkyl halides is 3. The van der Waals surface area contributed by atoms with Gasteiger partial charge >= 0.3 is 12.3 Å². The predicted molar refractivity (Wildman–Crippen MR) is 123 cm³/mol. The van der Waals surface area contributed by atoms with Crippen molar-refractivity contribution in [2.75, 3.05) is 13.1 Å². The van der Waals surface area contributed by atoms with E-state index in [1.54, 1.807) is 51.1 Å². The number of carbonyl (C=O) groups excluding carboxylic acids is 2. The summed E-state index contributed by atoms with van der Waals surface area (Å²) < 4.78 is 84.6. The van der Waals surface area contributed by atoms with Gasteiger partial charge in [-0.25, -0.2) is 22.3 Å². The molecule has 0 spiro atoms. The molecule has 0 saturated heterocycles. The van der Waals surface area contributed by atoms with Crippen LogP contribution in [0.1, 0.15) is 44.4 Å². The molecule has 0 saturated carbocycles. The number of alkyl carbamates (subject to hydrolysis) is 1. The maximum Gasteiger partial charge on any atom is 0.417 e. The summed E-state index contributed by atoms with van der Waals surface area (Å²) in [7, 11) is -4.61. The topological polar surface area (TPSA) is 114 Å². The highest BCUT2D eigenvalue weighted by molar-refractivity contribution is 7.89. The molecule has 198 valence electrons. The molecule has 2 aromatic carbocycles. The van der Waals surface area contributed by atoms with Crippen LogP contribution in [0.4, 0.5) is 22.4 Å². The molecule has 0 heterocycles. The lowest BCUT2D eigenvalue weighted by atomic mass is 10.1. The van der Waals surface area contributed by atoms with Crippen molar-refractivity contribution in [3.63, 3.8) is 0 Å². The summed E-state index contributed by atoms with van der Waals surface area (Å²) in [5.41, 5.74) is -1.95. The number of amides is 2. The second-order valence-corrected chi connectivity index (χ2v) is 10.4. The molecule has 0 aromatic heterocycles. The Balaban J connectivity index is 1.99. The lowest BCUT2D eigenvalue weighted by molar-refractivity contribution is -0.140. The Morgan fingerprint density at radius 3 is 2.22 bits per heavy atom. The fourth-order valence-corrected chi connectivity index (χ4v) is 4.30. The SMILES string of the molecule is CC(C)(C)OC(=O)N[C@H](C(=O)NCCCNS(=O)(=O)c1ccc(F)cc1C(F)(F)F)c1ccccc1. The molecule has 0 unspecified atom stereocenters. The van der Waals surface area contributed by atoms with E-state index in [4.69, 9.17) is 4.74 Å². The van der Waals surface area contributed by atoms with E-state index in [1.165, 1.54) is 0 Å². The molecule has 0 aliphatic heterocycles. The molecule has 8 nitrogen and oxygen atoms in total. The Bertz CT molecular complexity index is 1170. The van der Waals surface area contributed by atoms with Gasteiger partial charge in [0.25, 0.3) is 0 Å². The summed E-state index contributed by atoms with van der Waals surface area (Å²) in [5, 5.41) is 5.02. The Labute approximate surface area is 206 Å². The summed E-state index contributed by atoms with van der Waals surface area (Å²) >= 11 is 0. The number of ether oxygens (including phenoxy) is 1. The van der Waals surface area contributed by atoms with Crippen LogP contribution < -0.4 is 15.4 Å². The number of sulfonamides is 1. The minimum atomic E-state index is -5.08. The van der Waals surface area contributed by atoms with Crippen LogP contribution in [-0.4, -0.2) is 39.1 Å². The molecule has 1 atom stereocenters. The van der Waals surface area contributed by atoms with Gasteiger partial charge in [-0.2, -0.15) is 13.2 Å². The molecular formula is C23H27F4N3O5S. The fourth-order valence-electron chi connectivity index (χ4n) is 3.02. The van der Waals surface area contributed by atoms with Crippen molar-refractivity contribution in [3.05, 3.63) is 65.5 Å². The van der Waals surface area contributed by atoms with Gasteiger partial charge in [0, 0.05) is 13.1 Å². The van der Waals surface area contributed by atoms with E-state index in [2.05, 4.69) is 10.6 Å². The van der Waals surface area contributed by atoms with Gasteiger partial charge in [0.15, 0.2) is 0 Å². The highest BCUT2D eigenvalue weighted by Crippen LogP contribution is 2.34. The van der Waals surface area contributed by atoms with Crippen LogP contribution in [0, 0.1) is 5.82 Å². The van der Waals surface area contributed by atoms with Crippen molar-refractivity contribution in [1.82, 2.24) is 15.4 Å². The molecule has 2 amide bonds. The molecule has 36 heavy (non-hydrogen) atoms. The molecule has 2 aromatic rings. The number of hydrogen-bond acceptors (Lipinski definition) is 5. The number of nitrogens with one attached hydrogen (secondary N) is 3. The summed E-state index contributed by atoms with van der Waals surface area (Å²) in [6.45, 7) is 4.61. The molecular weight excluding hydrogens is 506 g/mol. The Kier molecular flexibility index (Phi) is 9.44. The zero-order valence-electron chi connectivity index (χ0n) is 19.8. The van der Waals surface area contributed by atoms with Crippen LogP contribution in [-0.2, 0) is 25.7 Å². The van der Waals surface area contributed by atoms with E-state index in [9.17, 15) is 35.6 Å². The lowest BCUT2D eigenvalue weighted by Crippen LogP contribution is -2.43. The van der Waals surface area contributed by atoms with E-state index in [1.807, 2.05) is 4.72 Å². The Morgan fingerprint density at radius 2 is 1.64 bits per heavy atom. The normalized spacial score (nSPS) is 13.1. The van der Waals surface area contributed by atoms with E-state index in [-0.39, 0.29) is 25.6 Å². The number of carbonyl (C=O) groups is 2. The number of benzene rings is 2. The first-order valence-electron chi connectivity index (χ1n) is 10.8. The average Bonchev–Trinajstić information content (AvgIpc) is 2.75. The van der Waals surface area contributed by atoms with Crippen molar-refractivity contribution < 1.29 is 40.3 Å². The summed E-state index contributed by atoms with van der Waals surface area (Å²) in [6.07, 6.45) is -5.88. The second kappa shape index (κ2) is 11.7. The van der Waals surface area contributed by atoms with Crippen LogP contribution in [0.3, 0.4) is 0 Å². The minimum absolute atomic E-state index is 0.0153. The van der Waals surface area contributed by atoms with Gasteiger partial charge in [0.1, 0.15) is 17.5 Å². The smallest absolute Gasteiger partial charge is 0.417 e. The van der Waals surface area contributed by atoms with E-state index in [0.29, 0.717) is 17.7 Å². The van der Waals surface area contributed by atoms with Gasteiger partial charge in [-0.1, -0.05) is 30.3 Å². The highest BCUT2D eigenvalue weighted by Gasteiger charge is 2.37. The largest absolute Gasteiger partial charge is 0.444 e. The molecule has 0 fully saturated rings. The monoisotopic (exact) mass is 533 g/mol. The molecule has 0 aliphatic rings. The number of hydrogen-bond donors (Lipinski definition) is 3. The van der Waals surface area contributed by atoms with Crippen molar-refractivity contribution in [2.45, 2.75) is 49.9 Å². The molecule has 0 bridgehead atoms. The number of halogens is 4. The third kappa shape index (κ3) is 8.79. The van der Waals surface area contributed by atoms with Gasteiger partial charge in [-0.15, -0.1) is 0 Å². The van der Waals surface area contributed by atoms with Gasteiger partial charge in [-0.3, -0.25) is 4.79 Å². The van der Waals surface area contributed by atoms with Crippen LogP contribution in [0.2, 0.25) is 0 Å². The average molecular weight is 534 g/mol. The number of rotatable bonds is 9. The molecule has 0 radical (unpaired) electrons. The molecule has 3 N–H and O–H groups in total. The van der Waals surface area contributed by atoms with Crippen LogP contribution in [0.15, 0.2) is 53.4 Å². The maximum absolute atomic E-state index is 13.3. The predicted octanol–water partition coefficient (Wildman–Crippen LogP) is 3.90. The van der Waals surface area contributed by atoms with E-state index >= 15 is 0 Å². The lowest BCUT2D eigenvalue weighted by Gasteiger charge is -2.23. The maximum atomic E-state index is 13.3. The zero-order valence-corrected chi connectivity index (χ0v) is 20.6. The highest BCUT2D eigenvalue weighted by atomic mass is 32.2. The summed E-state index contributed by atoms with van der Waals surface area (Å²) in [4.78, 5) is 23.8. The van der Waals surface area contributed by atoms with Crippen molar-refractivity contribution >= 4 is 22.0 Å². The standard InChI is InChI=1S/C23H27F4N3O5S/c1-22(2,3)35-21(32)30-19(15-8-5-4-6-9-15)20(31)28-12-7-13-29-36(33,34)18-11-10-16(24)14-17(18)23(25,26)27/h4-6,8-11,14,19,29H,7,12-13H2,1-3H3,(H,28,31)(H,30,32)/t19-/m0/s1. The molecule has 0 aliphatic carbocycles. The van der Waals surface area contributed by atoms with Crippen molar-refractivity contribution in [2.24, 2.45) is 0 Å². The molecule has 2 rings (SSSR count). The zero-order chi connectivity index (χ0) is 27.1. The third-order valence-electron chi connectivity index (χ3n) is 4.54. The third-order valence-corrected chi connectivity index (χ3v) is 6.06. The van der Waals surface area contributed by atoms with Crippen LogP contribution in [0.5, 0.6) is 0 Å². The fraction of sp³-hybridized carbons (Fsp3) is 0.391. The first-order valence-corrected chi connectivity index (χ1v) is 12.3. The molecule has 13 heteroatoms. The van der Waals surface area contributed by atoms with Crippen molar-refractivity contribution in [1.29, 1.82) is 0 Å². The van der Waals surface area contributed by atoms with Gasteiger partial charge in [-0.05, 0) is 51.0 Å². The summed E-state index contributed by atoms with van der Waals surface area (Å²) in [5.74, 6) is -1.83.